The van der Waals surface area contributed by atoms with Gasteiger partial charge in [-0.3, -0.25) is 0 Å². The highest BCUT2D eigenvalue weighted by Crippen LogP contribution is 2.46. The van der Waals surface area contributed by atoms with Gasteiger partial charge in [0, 0.05) is 66.1 Å². The number of rotatable bonds is 14. The van der Waals surface area contributed by atoms with Crippen LogP contribution in [0.2, 0.25) is 0 Å². The van der Waals surface area contributed by atoms with Crippen LogP contribution in [-0.2, 0) is 0 Å². The van der Waals surface area contributed by atoms with Crippen LogP contribution in [-0.4, -0.2) is 39.0 Å². The summed E-state index contributed by atoms with van der Waals surface area (Å²) in [7, 11) is 0. The van der Waals surface area contributed by atoms with E-state index in [1.54, 1.807) is 0 Å². The molecule has 0 N–H and O–H groups in total. The van der Waals surface area contributed by atoms with Crippen molar-refractivity contribution in [1.29, 1.82) is 0 Å². The maximum absolute atomic E-state index is 5.35. The molecule has 0 amide bonds. The van der Waals surface area contributed by atoms with E-state index in [1.165, 1.54) is 44.5 Å². The maximum Gasteiger partial charge on any atom is 0.164 e. The molecule has 0 spiro atoms. The topological polar surface area (TPSA) is 87.2 Å². The Morgan fingerprint density at radius 3 is 0.657 bits per heavy atom. The van der Waals surface area contributed by atoms with E-state index in [9.17, 15) is 0 Å². The highest BCUT2D eigenvalue weighted by molar-refractivity contribution is 6.14. The molecule has 0 aliphatic rings. The second-order valence-electron chi connectivity index (χ2n) is 28.2. The third kappa shape index (κ3) is 12.2. The average Bonchev–Trinajstić information content (AvgIpc) is 1.57. The molecule has 510 valence electrons. The van der Waals surface area contributed by atoms with E-state index in [0.717, 1.165) is 133 Å². The third-order valence-electron chi connectivity index (χ3n) is 20.8. The lowest BCUT2D eigenvalue weighted by molar-refractivity contribution is 1.07. The predicted molar refractivity (Wildman–Crippen MR) is 446 cm³/mol. The summed E-state index contributed by atoms with van der Waals surface area (Å²) < 4.78 is 4.92. The summed E-state index contributed by atoms with van der Waals surface area (Å²) >= 11 is 0. The standard InChI is InChI=1S/C100H70N8/c1-63-22-17-34-71(52-63)75-42-48-89-85(57-75)86-58-76(72-35-18-23-64(2)53-72)43-49-90(86)107(89)93-61-81(99-103-95(67-26-9-5-10-27-67)101-96(104-99)68-28-11-6-12-29-68)40-46-83(93)79-38-21-39-80(56-79)84-47-41-82(100-105-97(69-30-13-7-14-31-69)102-98(106-100)70-32-15-8-16-33-70)62-94(84)108-91-50-44-77(73-36-19-24-65(3)54-73)59-87(91)88-60-78(45-51-92(88)108)74-37-20-25-66(4)55-74/h5-62H,1-4H3. The number of fused-ring (bicyclic) bond motifs is 6. The van der Waals surface area contributed by atoms with Crippen LogP contribution >= 0.6 is 0 Å². The van der Waals surface area contributed by atoms with Crippen LogP contribution in [0.4, 0.5) is 0 Å². The lowest BCUT2D eigenvalue weighted by Crippen LogP contribution is -2.03. The van der Waals surface area contributed by atoms with Crippen LogP contribution in [0.3, 0.4) is 0 Å². The third-order valence-corrected chi connectivity index (χ3v) is 20.8. The zero-order valence-corrected chi connectivity index (χ0v) is 60.1. The van der Waals surface area contributed by atoms with E-state index in [4.69, 9.17) is 29.9 Å². The quantitative estimate of drug-likeness (QED) is 0.108. The molecule has 0 atom stereocenters. The van der Waals surface area contributed by atoms with Crippen molar-refractivity contribution in [3.63, 3.8) is 0 Å². The normalized spacial score (nSPS) is 11.5. The highest BCUT2D eigenvalue weighted by atomic mass is 15.1. The fourth-order valence-electron chi connectivity index (χ4n) is 15.5. The van der Waals surface area contributed by atoms with Gasteiger partial charge in [0.15, 0.2) is 34.9 Å². The van der Waals surface area contributed by atoms with Crippen LogP contribution in [0.5, 0.6) is 0 Å². The summed E-state index contributed by atoms with van der Waals surface area (Å²) in [5.41, 5.74) is 29.6. The van der Waals surface area contributed by atoms with Gasteiger partial charge in [-0.25, -0.2) is 29.9 Å². The molecule has 0 fully saturated rings. The Labute approximate surface area is 627 Å². The van der Waals surface area contributed by atoms with Gasteiger partial charge in [0.05, 0.1) is 33.4 Å². The molecule has 4 heterocycles. The molecule has 0 saturated carbocycles. The minimum Gasteiger partial charge on any atom is -0.309 e. The van der Waals surface area contributed by atoms with Gasteiger partial charge in [-0.05, 0) is 150 Å². The molecule has 0 aliphatic carbocycles. The van der Waals surface area contributed by atoms with Gasteiger partial charge in [-0.15, -0.1) is 0 Å². The number of hydrogen-bond acceptors (Lipinski definition) is 6. The Bertz CT molecular complexity index is 5990. The molecule has 0 unspecified atom stereocenters. The van der Waals surface area contributed by atoms with Crippen LogP contribution in [0.15, 0.2) is 352 Å². The molecule has 4 aromatic heterocycles. The van der Waals surface area contributed by atoms with Gasteiger partial charge in [0.2, 0.25) is 0 Å². The first kappa shape index (κ1) is 64.7. The van der Waals surface area contributed by atoms with Crippen molar-refractivity contribution in [1.82, 2.24) is 39.0 Å². The molecule has 108 heavy (non-hydrogen) atoms. The lowest BCUT2D eigenvalue weighted by Gasteiger charge is -2.19. The number of hydrogen-bond donors (Lipinski definition) is 0. The average molecular weight is 1380 g/mol. The number of benzene rings is 15. The van der Waals surface area contributed by atoms with Crippen molar-refractivity contribution in [3.05, 3.63) is 374 Å². The van der Waals surface area contributed by atoms with Crippen molar-refractivity contribution in [2.24, 2.45) is 0 Å². The van der Waals surface area contributed by atoms with Crippen molar-refractivity contribution in [2.75, 3.05) is 0 Å². The summed E-state index contributed by atoms with van der Waals surface area (Å²) in [5, 5.41) is 4.55. The summed E-state index contributed by atoms with van der Waals surface area (Å²) in [6.07, 6.45) is 0. The lowest BCUT2D eigenvalue weighted by atomic mass is 9.95. The maximum atomic E-state index is 5.35. The van der Waals surface area contributed by atoms with Crippen LogP contribution < -0.4 is 0 Å². The molecule has 15 aromatic carbocycles. The zero-order chi connectivity index (χ0) is 72.3. The number of nitrogens with zero attached hydrogens (tertiary/aromatic N) is 8. The molecule has 19 rings (SSSR count). The Kier molecular flexibility index (Phi) is 16.3. The van der Waals surface area contributed by atoms with Crippen molar-refractivity contribution in [2.45, 2.75) is 27.7 Å². The molecule has 0 saturated heterocycles. The molecule has 19 aromatic rings. The van der Waals surface area contributed by atoms with Gasteiger partial charge in [-0.2, -0.15) is 0 Å². The van der Waals surface area contributed by atoms with Crippen LogP contribution in [0.1, 0.15) is 22.3 Å². The van der Waals surface area contributed by atoms with E-state index in [2.05, 4.69) is 316 Å². The molecule has 0 bridgehead atoms. The van der Waals surface area contributed by atoms with E-state index >= 15 is 0 Å². The highest BCUT2D eigenvalue weighted by Gasteiger charge is 2.25. The fourth-order valence-corrected chi connectivity index (χ4v) is 15.5. The Morgan fingerprint density at radius 2 is 0.389 bits per heavy atom. The van der Waals surface area contributed by atoms with Crippen molar-refractivity contribution < 1.29 is 0 Å². The Hall–Kier alpha value is -14.1. The molecule has 0 aliphatic heterocycles. The van der Waals surface area contributed by atoms with Gasteiger partial charge < -0.3 is 9.13 Å². The smallest absolute Gasteiger partial charge is 0.164 e. The fraction of sp³-hybridized carbons (Fsp3) is 0.0400. The zero-order valence-electron chi connectivity index (χ0n) is 60.1. The van der Waals surface area contributed by atoms with E-state index < -0.39 is 0 Å². The number of aromatic nitrogens is 8. The second-order valence-corrected chi connectivity index (χ2v) is 28.2. The Morgan fingerprint density at radius 1 is 0.167 bits per heavy atom. The second kappa shape index (κ2) is 27.2. The molecule has 8 nitrogen and oxygen atoms in total. The van der Waals surface area contributed by atoms with Gasteiger partial charge in [0.1, 0.15) is 0 Å². The van der Waals surface area contributed by atoms with Gasteiger partial charge in [-0.1, -0.05) is 307 Å². The first-order chi connectivity index (χ1) is 53.1. The molecule has 8 heteroatoms. The Balaban J connectivity index is 0.866. The summed E-state index contributed by atoms with van der Waals surface area (Å²) in [6.45, 7) is 8.65. The van der Waals surface area contributed by atoms with Crippen LogP contribution in [0, 0.1) is 27.7 Å². The van der Waals surface area contributed by atoms with E-state index in [1.807, 2.05) is 72.8 Å². The SMILES string of the molecule is Cc1cccc(-c2ccc3c(c2)c2cc(-c4cccc(C)c4)ccc2n3-c2cc(-c3nc(-c4ccccc4)nc(-c4ccccc4)n3)ccc2-c2cccc(-c3ccc(-c4nc(-c5ccccc5)nc(-c5ccccc5)n4)cc3-n3c4ccc(-c5cccc(C)c5)cc4c4cc(-c5cccc(C)c5)ccc43)c2)c1. The van der Waals surface area contributed by atoms with E-state index in [-0.39, 0.29) is 0 Å². The summed E-state index contributed by atoms with van der Waals surface area (Å²) in [4.78, 5) is 31.7. The summed E-state index contributed by atoms with van der Waals surface area (Å²) in [5.74, 6) is 3.49. The minimum absolute atomic E-state index is 0.561. The minimum atomic E-state index is 0.561. The van der Waals surface area contributed by atoms with Gasteiger partial charge >= 0.3 is 0 Å². The van der Waals surface area contributed by atoms with Gasteiger partial charge in [0.25, 0.3) is 0 Å². The van der Waals surface area contributed by atoms with Crippen molar-refractivity contribution >= 4 is 43.6 Å². The predicted octanol–water partition coefficient (Wildman–Crippen LogP) is 25.5. The molecular formula is C100H70N8. The first-order valence-electron chi connectivity index (χ1n) is 36.7. The van der Waals surface area contributed by atoms with Crippen molar-refractivity contribution in [3.8, 4) is 146 Å². The monoisotopic (exact) mass is 1380 g/mol. The largest absolute Gasteiger partial charge is 0.309 e. The summed E-state index contributed by atoms with van der Waals surface area (Å²) in [6, 6.07) is 126. The molecule has 0 radical (unpaired) electrons. The number of aryl methyl sites for hydroxylation is 4. The first-order valence-corrected chi connectivity index (χ1v) is 36.7. The molecular weight excluding hydrogens is 1310 g/mol. The van der Waals surface area contributed by atoms with E-state index in [0.29, 0.717) is 34.9 Å². The van der Waals surface area contributed by atoms with Crippen LogP contribution in [0.25, 0.3) is 190 Å².